The minimum Gasteiger partial charge on any atom is -0.481 e. The second-order valence-electron chi connectivity index (χ2n) is 4.17. The molecule has 7 heteroatoms. The molecule has 1 atom stereocenters. The summed E-state index contributed by atoms with van der Waals surface area (Å²) in [5.41, 5.74) is -0.464. The number of carbonyl (C=O) groups is 1. The van der Waals surface area contributed by atoms with Crippen molar-refractivity contribution < 1.29 is 23.1 Å². The normalized spacial score (nSPS) is 13.1. The predicted octanol–water partition coefficient (Wildman–Crippen LogP) is 4.02. The maximum atomic E-state index is 12.4. The fourth-order valence-electron chi connectivity index (χ4n) is 1.49. The molecule has 1 unspecified atom stereocenters. The Hall–Kier alpha value is -1.43. The van der Waals surface area contributed by atoms with Crippen LogP contribution < -0.4 is 5.32 Å². The van der Waals surface area contributed by atoms with Gasteiger partial charge in [0, 0.05) is 12.5 Å². The van der Waals surface area contributed by atoms with Gasteiger partial charge in [0.05, 0.1) is 16.3 Å². The molecule has 106 valence electrons. The van der Waals surface area contributed by atoms with Crippen molar-refractivity contribution in [2.75, 3.05) is 5.32 Å². The number of carboxylic acids is 1. The molecule has 0 radical (unpaired) electrons. The van der Waals surface area contributed by atoms with Crippen LogP contribution in [0.15, 0.2) is 18.2 Å². The van der Waals surface area contributed by atoms with Crippen LogP contribution in [0.5, 0.6) is 0 Å². The first-order valence-corrected chi connectivity index (χ1v) is 5.93. The van der Waals surface area contributed by atoms with Crippen molar-refractivity contribution in [1.29, 1.82) is 0 Å². The maximum Gasteiger partial charge on any atom is 0.416 e. The number of halogens is 4. The number of carboxylic acid groups (broad SMARTS) is 1. The molecule has 1 rings (SSSR count). The molecule has 0 aliphatic carbocycles. The van der Waals surface area contributed by atoms with Gasteiger partial charge >= 0.3 is 12.1 Å². The van der Waals surface area contributed by atoms with E-state index in [1.54, 1.807) is 6.92 Å². The van der Waals surface area contributed by atoms with Gasteiger partial charge in [0.25, 0.3) is 0 Å². The van der Waals surface area contributed by atoms with E-state index in [1.165, 1.54) is 6.07 Å². The summed E-state index contributed by atoms with van der Waals surface area (Å²) >= 11 is 5.76. The van der Waals surface area contributed by atoms with E-state index in [0.29, 0.717) is 12.1 Å². The molecule has 1 aromatic rings. The van der Waals surface area contributed by atoms with Crippen molar-refractivity contribution in [1.82, 2.24) is 0 Å². The lowest BCUT2D eigenvalue weighted by Gasteiger charge is -2.16. The van der Waals surface area contributed by atoms with Crippen molar-refractivity contribution >= 4 is 23.3 Å². The number of hydrogen-bond donors (Lipinski definition) is 2. The number of aliphatic carboxylic acids is 1. The first-order chi connectivity index (χ1) is 8.70. The Bertz CT molecular complexity index is 463. The molecule has 0 saturated heterocycles. The third-order valence-electron chi connectivity index (χ3n) is 2.49. The number of hydrogen-bond acceptors (Lipinski definition) is 2. The quantitative estimate of drug-likeness (QED) is 0.862. The highest BCUT2D eigenvalue weighted by atomic mass is 35.5. The van der Waals surface area contributed by atoms with Crippen molar-refractivity contribution in [2.45, 2.75) is 32.0 Å². The number of nitrogens with one attached hydrogen (secondary N) is 1. The Labute approximate surface area is 113 Å². The molecule has 3 nitrogen and oxygen atoms in total. The first-order valence-electron chi connectivity index (χ1n) is 5.55. The molecular formula is C12H13ClF3NO2. The Morgan fingerprint density at radius 3 is 2.58 bits per heavy atom. The molecule has 0 spiro atoms. The van der Waals surface area contributed by atoms with Crippen LogP contribution in [0.3, 0.4) is 0 Å². The van der Waals surface area contributed by atoms with Gasteiger partial charge in [0.15, 0.2) is 0 Å². The maximum absolute atomic E-state index is 12.4. The van der Waals surface area contributed by atoms with Crippen LogP contribution in [0.25, 0.3) is 0 Å². The molecule has 2 N–H and O–H groups in total. The minimum absolute atomic E-state index is 0.0214. The molecule has 19 heavy (non-hydrogen) atoms. The van der Waals surface area contributed by atoms with Crippen LogP contribution in [-0.4, -0.2) is 17.1 Å². The molecule has 1 aromatic carbocycles. The Morgan fingerprint density at radius 1 is 1.47 bits per heavy atom. The number of alkyl halides is 3. The van der Waals surface area contributed by atoms with E-state index in [9.17, 15) is 18.0 Å². The van der Waals surface area contributed by atoms with Crippen LogP contribution in [0.1, 0.15) is 25.3 Å². The molecule has 0 heterocycles. The van der Waals surface area contributed by atoms with Gasteiger partial charge in [-0.25, -0.2) is 0 Å². The van der Waals surface area contributed by atoms with Crippen molar-refractivity contribution in [2.24, 2.45) is 0 Å². The molecular weight excluding hydrogens is 283 g/mol. The standard InChI is InChI=1S/C12H13ClF3NO2/c1-7(2-5-11(18)19)17-10-4-3-8(6-9(10)13)12(14,15)16/h3-4,6-7,17H,2,5H2,1H3,(H,18,19). The highest BCUT2D eigenvalue weighted by Gasteiger charge is 2.30. The Morgan fingerprint density at radius 2 is 2.11 bits per heavy atom. The van der Waals surface area contributed by atoms with Crippen molar-refractivity contribution in [3.63, 3.8) is 0 Å². The zero-order valence-corrected chi connectivity index (χ0v) is 10.8. The number of rotatable bonds is 5. The summed E-state index contributed by atoms with van der Waals surface area (Å²) in [5.74, 6) is -0.924. The van der Waals surface area contributed by atoms with Crippen LogP contribution in [0.2, 0.25) is 5.02 Å². The van der Waals surface area contributed by atoms with E-state index >= 15 is 0 Å². The van der Waals surface area contributed by atoms with Gasteiger partial charge < -0.3 is 10.4 Å². The van der Waals surface area contributed by atoms with E-state index in [1.807, 2.05) is 0 Å². The van der Waals surface area contributed by atoms with Gasteiger partial charge in [0.2, 0.25) is 0 Å². The summed E-state index contributed by atoms with van der Waals surface area (Å²) in [6.07, 6.45) is -4.10. The third kappa shape index (κ3) is 4.98. The highest BCUT2D eigenvalue weighted by molar-refractivity contribution is 6.33. The first kappa shape index (κ1) is 15.6. The number of benzene rings is 1. The number of anilines is 1. The average Bonchev–Trinajstić information content (AvgIpc) is 2.27. The van der Waals surface area contributed by atoms with Crippen LogP contribution in [0.4, 0.5) is 18.9 Å². The van der Waals surface area contributed by atoms with E-state index in [2.05, 4.69) is 5.32 Å². The summed E-state index contributed by atoms with van der Waals surface area (Å²) in [4.78, 5) is 10.4. The largest absolute Gasteiger partial charge is 0.481 e. The Balaban J connectivity index is 2.72. The second-order valence-corrected chi connectivity index (χ2v) is 4.58. The summed E-state index contributed by atoms with van der Waals surface area (Å²) in [5, 5.41) is 11.4. The highest BCUT2D eigenvalue weighted by Crippen LogP contribution is 2.34. The molecule has 0 aliphatic rings. The van der Waals surface area contributed by atoms with E-state index in [4.69, 9.17) is 16.7 Å². The van der Waals surface area contributed by atoms with Crippen LogP contribution >= 0.6 is 11.6 Å². The molecule has 0 amide bonds. The third-order valence-corrected chi connectivity index (χ3v) is 2.80. The fraction of sp³-hybridized carbons (Fsp3) is 0.417. The van der Waals surface area contributed by atoms with E-state index in [0.717, 1.165) is 12.1 Å². The SMILES string of the molecule is CC(CCC(=O)O)Nc1ccc(C(F)(F)F)cc1Cl. The second kappa shape index (κ2) is 6.14. The summed E-state index contributed by atoms with van der Waals surface area (Å²) in [6, 6.07) is 2.80. The molecule has 0 aromatic heterocycles. The zero-order valence-electron chi connectivity index (χ0n) is 10.1. The zero-order chi connectivity index (χ0) is 14.6. The van der Waals surface area contributed by atoms with Gasteiger partial charge in [0.1, 0.15) is 0 Å². The lowest BCUT2D eigenvalue weighted by Crippen LogP contribution is -2.17. The molecule has 0 saturated carbocycles. The topological polar surface area (TPSA) is 49.3 Å². The van der Waals surface area contributed by atoms with Gasteiger partial charge in [-0.15, -0.1) is 0 Å². The van der Waals surface area contributed by atoms with E-state index in [-0.39, 0.29) is 17.5 Å². The lowest BCUT2D eigenvalue weighted by molar-refractivity contribution is -0.138. The van der Waals surface area contributed by atoms with Gasteiger partial charge in [-0.05, 0) is 31.5 Å². The Kier molecular flexibility index (Phi) is 5.05. The molecule has 0 aliphatic heterocycles. The smallest absolute Gasteiger partial charge is 0.416 e. The fourth-order valence-corrected chi connectivity index (χ4v) is 1.72. The predicted molar refractivity (Wildman–Crippen MR) is 66.4 cm³/mol. The van der Waals surface area contributed by atoms with Gasteiger partial charge in [-0.1, -0.05) is 11.6 Å². The van der Waals surface area contributed by atoms with E-state index < -0.39 is 17.7 Å². The van der Waals surface area contributed by atoms with Crippen molar-refractivity contribution in [3.8, 4) is 0 Å². The van der Waals surface area contributed by atoms with Crippen LogP contribution in [-0.2, 0) is 11.0 Å². The summed E-state index contributed by atoms with van der Waals surface area (Å²) in [7, 11) is 0. The van der Waals surface area contributed by atoms with Crippen LogP contribution in [0, 0.1) is 0 Å². The molecule has 0 bridgehead atoms. The summed E-state index contributed by atoms with van der Waals surface area (Å²) in [6.45, 7) is 1.73. The van der Waals surface area contributed by atoms with Gasteiger partial charge in [-0.2, -0.15) is 13.2 Å². The van der Waals surface area contributed by atoms with Crippen molar-refractivity contribution in [3.05, 3.63) is 28.8 Å². The average molecular weight is 296 g/mol. The van der Waals surface area contributed by atoms with Gasteiger partial charge in [-0.3, -0.25) is 4.79 Å². The minimum atomic E-state index is -4.43. The monoisotopic (exact) mass is 295 g/mol. The molecule has 0 fully saturated rings. The summed E-state index contributed by atoms with van der Waals surface area (Å²) < 4.78 is 37.3. The lowest BCUT2D eigenvalue weighted by atomic mass is 10.1.